The summed E-state index contributed by atoms with van der Waals surface area (Å²) in [5.74, 6) is -1.46. The average Bonchev–Trinajstić information content (AvgIpc) is 2.80. The van der Waals surface area contributed by atoms with E-state index in [0.29, 0.717) is 22.3 Å². The molecule has 0 amide bonds. The zero-order valence-electron chi connectivity index (χ0n) is 16.9. The third kappa shape index (κ3) is 5.22. The van der Waals surface area contributed by atoms with Gasteiger partial charge in [-0.1, -0.05) is 48.5 Å². The normalized spacial score (nSPS) is 12.1. The molecule has 0 spiro atoms. The molecule has 0 aromatic heterocycles. The van der Waals surface area contributed by atoms with Crippen molar-refractivity contribution in [1.29, 1.82) is 0 Å². The summed E-state index contributed by atoms with van der Waals surface area (Å²) < 4.78 is 54.1. The van der Waals surface area contributed by atoms with E-state index in [2.05, 4.69) is 0 Å². The predicted octanol–water partition coefficient (Wildman–Crippen LogP) is 8.02. The van der Waals surface area contributed by atoms with Gasteiger partial charge in [0.2, 0.25) is 0 Å². The van der Waals surface area contributed by atoms with Crippen molar-refractivity contribution in [3.63, 3.8) is 0 Å². The first-order valence-corrected chi connectivity index (χ1v) is 9.95. The van der Waals surface area contributed by atoms with Gasteiger partial charge in [-0.05, 0) is 94.1 Å². The van der Waals surface area contributed by atoms with E-state index in [-0.39, 0.29) is 23.3 Å². The van der Waals surface area contributed by atoms with Gasteiger partial charge in [-0.3, -0.25) is 0 Å². The second-order valence-corrected chi connectivity index (χ2v) is 7.23. The molecule has 0 bridgehead atoms. The fraction of sp³-hybridized carbons (Fsp3) is 0. The van der Waals surface area contributed by atoms with E-state index in [1.54, 1.807) is 48.5 Å². The number of benzene rings is 4. The molecule has 4 rings (SSSR count). The Bertz CT molecular complexity index is 1150. The van der Waals surface area contributed by atoms with E-state index < -0.39 is 0 Å². The summed E-state index contributed by atoms with van der Waals surface area (Å²) in [7, 11) is 0. The van der Waals surface area contributed by atoms with Crippen molar-refractivity contribution >= 4 is 23.3 Å². The highest BCUT2D eigenvalue weighted by atomic mass is 19.1. The van der Waals surface area contributed by atoms with Gasteiger partial charge in [-0.2, -0.15) is 0 Å². The molecule has 0 nitrogen and oxygen atoms in total. The lowest BCUT2D eigenvalue weighted by Gasteiger charge is -2.15. The van der Waals surface area contributed by atoms with Crippen LogP contribution in [0, 0.1) is 23.3 Å². The number of halogens is 4. The molecule has 4 heteroatoms. The molecule has 4 aromatic rings. The molecular weight excluding hydrogens is 412 g/mol. The summed E-state index contributed by atoms with van der Waals surface area (Å²) >= 11 is 0. The van der Waals surface area contributed by atoms with Gasteiger partial charge >= 0.3 is 0 Å². The molecule has 0 aliphatic carbocycles. The van der Waals surface area contributed by atoms with Gasteiger partial charge < -0.3 is 0 Å². The van der Waals surface area contributed by atoms with E-state index >= 15 is 0 Å². The second kappa shape index (κ2) is 9.48. The first-order valence-electron chi connectivity index (χ1n) is 9.95. The van der Waals surface area contributed by atoms with Crippen molar-refractivity contribution in [3.05, 3.63) is 143 Å². The van der Waals surface area contributed by atoms with E-state index in [1.807, 2.05) is 12.2 Å². The molecule has 0 heterocycles. The minimum Gasteiger partial charge on any atom is -0.207 e. The van der Waals surface area contributed by atoms with Crippen LogP contribution in [-0.4, -0.2) is 0 Å². The minimum atomic E-state index is -0.374. The first kappa shape index (κ1) is 21.3. The third-order valence-corrected chi connectivity index (χ3v) is 4.96. The molecule has 0 N–H and O–H groups in total. The lowest BCUT2D eigenvalue weighted by atomic mass is 9.89. The SMILES string of the molecule is Fc1ccc(/C=C(/C(=C/c2ccc(F)cc2)c2ccc(F)cc2)c2ccc(F)cc2)cc1. The van der Waals surface area contributed by atoms with Gasteiger partial charge in [0.25, 0.3) is 0 Å². The topological polar surface area (TPSA) is 0 Å². The average molecular weight is 430 g/mol. The number of hydrogen-bond acceptors (Lipinski definition) is 0. The van der Waals surface area contributed by atoms with E-state index in [4.69, 9.17) is 0 Å². The van der Waals surface area contributed by atoms with Crippen LogP contribution in [0.4, 0.5) is 17.6 Å². The number of hydrogen-bond donors (Lipinski definition) is 0. The molecule has 32 heavy (non-hydrogen) atoms. The standard InChI is InChI=1S/C28H18F4/c29-23-9-1-19(2-10-23)17-27(21-5-13-25(31)14-6-21)28(22-7-15-26(32)16-8-22)18-20-3-11-24(30)12-4-20/h1-18H/b27-17+,28-18+. The van der Waals surface area contributed by atoms with Gasteiger partial charge in [0.1, 0.15) is 23.3 Å². The Hall–Kier alpha value is -3.92. The summed E-state index contributed by atoms with van der Waals surface area (Å²) in [5, 5.41) is 0. The number of rotatable bonds is 5. The first-order chi connectivity index (χ1) is 15.5. The van der Waals surface area contributed by atoms with Crippen LogP contribution >= 0.6 is 0 Å². The summed E-state index contributed by atoms with van der Waals surface area (Å²) in [5.41, 5.74) is 4.33. The molecule has 0 unspecified atom stereocenters. The van der Waals surface area contributed by atoms with Gasteiger partial charge in [-0.15, -0.1) is 0 Å². The van der Waals surface area contributed by atoms with Crippen LogP contribution < -0.4 is 0 Å². The molecule has 0 atom stereocenters. The second-order valence-electron chi connectivity index (χ2n) is 7.23. The van der Waals surface area contributed by atoms with Crippen molar-refractivity contribution in [2.24, 2.45) is 0 Å². The van der Waals surface area contributed by atoms with Crippen LogP contribution in [0.2, 0.25) is 0 Å². The molecule has 0 radical (unpaired) electrons. The van der Waals surface area contributed by atoms with Crippen molar-refractivity contribution in [2.45, 2.75) is 0 Å². The lowest BCUT2D eigenvalue weighted by Crippen LogP contribution is -1.93. The molecule has 4 aromatic carbocycles. The maximum absolute atomic E-state index is 13.6. The Morgan fingerprint density at radius 3 is 0.906 bits per heavy atom. The van der Waals surface area contributed by atoms with Crippen molar-refractivity contribution < 1.29 is 17.6 Å². The van der Waals surface area contributed by atoms with E-state index in [0.717, 1.165) is 11.1 Å². The van der Waals surface area contributed by atoms with Crippen LogP contribution in [0.25, 0.3) is 23.3 Å². The van der Waals surface area contributed by atoms with Crippen molar-refractivity contribution in [2.75, 3.05) is 0 Å². The van der Waals surface area contributed by atoms with E-state index in [1.165, 1.54) is 48.5 Å². The summed E-state index contributed by atoms with van der Waals surface area (Å²) in [6.07, 6.45) is 3.71. The van der Waals surface area contributed by atoms with Crippen LogP contribution in [0.15, 0.2) is 97.1 Å². The molecule has 0 aliphatic heterocycles. The highest BCUT2D eigenvalue weighted by Crippen LogP contribution is 2.35. The van der Waals surface area contributed by atoms with Crippen molar-refractivity contribution in [1.82, 2.24) is 0 Å². The van der Waals surface area contributed by atoms with Gasteiger partial charge in [0, 0.05) is 0 Å². The number of allylic oxidation sites excluding steroid dienone is 2. The summed E-state index contributed by atoms with van der Waals surface area (Å²) in [6, 6.07) is 24.0. The maximum atomic E-state index is 13.6. The molecule has 0 aliphatic rings. The fourth-order valence-electron chi connectivity index (χ4n) is 3.34. The zero-order chi connectivity index (χ0) is 22.5. The quantitative estimate of drug-likeness (QED) is 0.171. The largest absolute Gasteiger partial charge is 0.207 e. The third-order valence-electron chi connectivity index (χ3n) is 4.96. The molecule has 158 valence electrons. The molecule has 0 fully saturated rings. The monoisotopic (exact) mass is 430 g/mol. The van der Waals surface area contributed by atoms with Crippen LogP contribution in [0.3, 0.4) is 0 Å². The van der Waals surface area contributed by atoms with Crippen LogP contribution in [0.5, 0.6) is 0 Å². The molecule has 0 saturated carbocycles. The Morgan fingerprint density at radius 1 is 0.375 bits per heavy atom. The zero-order valence-corrected chi connectivity index (χ0v) is 16.9. The van der Waals surface area contributed by atoms with Crippen LogP contribution in [0.1, 0.15) is 22.3 Å². The summed E-state index contributed by atoms with van der Waals surface area (Å²) in [6.45, 7) is 0. The van der Waals surface area contributed by atoms with E-state index in [9.17, 15) is 17.6 Å². The Balaban J connectivity index is 1.94. The van der Waals surface area contributed by atoms with Gasteiger partial charge in [0.05, 0.1) is 0 Å². The minimum absolute atomic E-state index is 0.355. The van der Waals surface area contributed by atoms with Crippen LogP contribution in [-0.2, 0) is 0 Å². The van der Waals surface area contributed by atoms with Crippen molar-refractivity contribution in [3.8, 4) is 0 Å². The Labute approximate surface area is 183 Å². The smallest absolute Gasteiger partial charge is 0.123 e. The lowest BCUT2D eigenvalue weighted by molar-refractivity contribution is 0.627. The van der Waals surface area contributed by atoms with Gasteiger partial charge in [0.15, 0.2) is 0 Å². The highest BCUT2D eigenvalue weighted by molar-refractivity contribution is 6.15. The Morgan fingerprint density at radius 2 is 0.625 bits per heavy atom. The summed E-state index contributed by atoms with van der Waals surface area (Å²) in [4.78, 5) is 0. The maximum Gasteiger partial charge on any atom is 0.123 e. The molecule has 0 saturated heterocycles. The fourth-order valence-corrected chi connectivity index (χ4v) is 3.34. The van der Waals surface area contributed by atoms with Gasteiger partial charge in [-0.25, -0.2) is 17.6 Å². The Kier molecular flexibility index (Phi) is 6.31. The highest BCUT2D eigenvalue weighted by Gasteiger charge is 2.13. The predicted molar refractivity (Wildman–Crippen MR) is 121 cm³/mol. The molecular formula is C28H18F4.